The standard InChI is InChI=1S/C9H18FNO/c10-4-5-11-6-8-2-1-3-9(8)7-12/h8-9,11-12H,1-7H2. The quantitative estimate of drug-likeness (QED) is 0.610. The van der Waals surface area contributed by atoms with Gasteiger partial charge in [-0.3, -0.25) is 0 Å². The third-order valence-electron chi connectivity index (χ3n) is 2.73. The van der Waals surface area contributed by atoms with Crippen LogP contribution in [0.4, 0.5) is 4.39 Å². The van der Waals surface area contributed by atoms with E-state index in [0.29, 0.717) is 25.0 Å². The molecule has 0 saturated heterocycles. The van der Waals surface area contributed by atoms with Crippen LogP contribution in [0.15, 0.2) is 0 Å². The van der Waals surface area contributed by atoms with Crippen molar-refractivity contribution in [1.29, 1.82) is 0 Å². The van der Waals surface area contributed by atoms with Crippen LogP contribution in [0.2, 0.25) is 0 Å². The summed E-state index contributed by atoms with van der Waals surface area (Å²) in [5.41, 5.74) is 0. The fourth-order valence-corrected chi connectivity index (χ4v) is 1.98. The number of aliphatic hydroxyl groups is 1. The van der Waals surface area contributed by atoms with E-state index in [-0.39, 0.29) is 6.67 Å². The Morgan fingerprint density at radius 3 is 2.75 bits per heavy atom. The first-order valence-corrected chi connectivity index (χ1v) is 4.76. The molecule has 0 spiro atoms. The summed E-state index contributed by atoms with van der Waals surface area (Å²) < 4.78 is 11.7. The molecule has 72 valence electrons. The molecule has 0 aromatic rings. The van der Waals surface area contributed by atoms with Gasteiger partial charge in [0.1, 0.15) is 6.67 Å². The molecule has 1 saturated carbocycles. The van der Waals surface area contributed by atoms with E-state index in [2.05, 4.69) is 5.32 Å². The lowest BCUT2D eigenvalue weighted by Crippen LogP contribution is -2.28. The number of alkyl halides is 1. The van der Waals surface area contributed by atoms with Crippen LogP contribution in [-0.4, -0.2) is 31.5 Å². The molecule has 2 atom stereocenters. The van der Waals surface area contributed by atoms with Crippen molar-refractivity contribution >= 4 is 0 Å². The Morgan fingerprint density at radius 1 is 1.33 bits per heavy atom. The van der Waals surface area contributed by atoms with Crippen LogP contribution in [0.5, 0.6) is 0 Å². The van der Waals surface area contributed by atoms with Crippen LogP contribution < -0.4 is 5.32 Å². The Balaban J connectivity index is 2.12. The average molecular weight is 175 g/mol. The van der Waals surface area contributed by atoms with Gasteiger partial charge in [0.2, 0.25) is 0 Å². The zero-order valence-corrected chi connectivity index (χ0v) is 7.43. The van der Waals surface area contributed by atoms with E-state index >= 15 is 0 Å². The minimum Gasteiger partial charge on any atom is -0.396 e. The van der Waals surface area contributed by atoms with Gasteiger partial charge in [-0.1, -0.05) is 6.42 Å². The van der Waals surface area contributed by atoms with Crippen molar-refractivity contribution in [2.75, 3.05) is 26.4 Å². The molecule has 0 amide bonds. The summed E-state index contributed by atoms with van der Waals surface area (Å²) in [5, 5.41) is 12.0. The second-order valence-corrected chi connectivity index (χ2v) is 3.53. The number of hydrogen-bond acceptors (Lipinski definition) is 2. The fraction of sp³-hybridized carbons (Fsp3) is 1.00. The third kappa shape index (κ3) is 2.72. The van der Waals surface area contributed by atoms with Gasteiger partial charge in [0.25, 0.3) is 0 Å². The Bertz CT molecular complexity index is 121. The molecule has 3 heteroatoms. The van der Waals surface area contributed by atoms with Gasteiger partial charge in [-0.15, -0.1) is 0 Å². The van der Waals surface area contributed by atoms with E-state index in [0.717, 1.165) is 13.0 Å². The maximum Gasteiger partial charge on any atom is 0.102 e. The maximum atomic E-state index is 11.7. The van der Waals surface area contributed by atoms with E-state index in [9.17, 15) is 4.39 Å². The molecule has 12 heavy (non-hydrogen) atoms. The largest absolute Gasteiger partial charge is 0.396 e. The van der Waals surface area contributed by atoms with Gasteiger partial charge in [-0.2, -0.15) is 0 Å². The first-order chi connectivity index (χ1) is 5.88. The minimum absolute atomic E-state index is 0.294. The summed E-state index contributed by atoms with van der Waals surface area (Å²) in [7, 11) is 0. The highest BCUT2D eigenvalue weighted by Crippen LogP contribution is 2.30. The molecule has 1 aliphatic carbocycles. The number of rotatable bonds is 5. The van der Waals surface area contributed by atoms with Crippen LogP contribution in [-0.2, 0) is 0 Å². The van der Waals surface area contributed by atoms with Crippen LogP contribution >= 0.6 is 0 Å². The molecule has 2 nitrogen and oxygen atoms in total. The molecule has 1 aliphatic rings. The van der Waals surface area contributed by atoms with Gasteiger partial charge in [0, 0.05) is 13.2 Å². The molecule has 1 fully saturated rings. The fourth-order valence-electron chi connectivity index (χ4n) is 1.98. The summed E-state index contributed by atoms with van der Waals surface area (Å²) in [4.78, 5) is 0. The van der Waals surface area contributed by atoms with Crippen LogP contribution in [0.3, 0.4) is 0 Å². The van der Waals surface area contributed by atoms with Crippen molar-refractivity contribution in [3.05, 3.63) is 0 Å². The zero-order chi connectivity index (χ0) is 8.81. The molecule has 2 unspecified atom stereocenters. The monoisotopic (exact) mass is 175 g/mol. The smallest absolute Gasteiger partial charge is 0.102 e. The molecule has 0 bridgehead atoms. The van der Waals surface area contributed by atoms with Gasteiger partial charge < -0.3 is 10.4 Å². The maximum absolute atomic E-state index is 11.7. The average Bonchev–Trinajstić information content (AvgIpc) is 2.52. The predicted octanol–water partition coefficient (Wildman–Crippen LogP) is 0.954. The lowest BCUT2D eigenvalue weighted by Gasteiger charge is -2.17. The molecule has 0 heterocycles. The first kappa shape index (κ1) is 9.93. The predicted molar refractivity (Wildman–Crippen MR) is 46.8 cm³/mol. The van der Waals surface area contributed by atoms with Crippen LogP contribution in [0.1, 0.15) is 19.3 Å². The zero-order valence-electron chi connectivity index (χ0n) is 7.43. The van der Waals surface area contributed by atoms with Gasteiger partial charge in [-0.05, 0) is 31.2 Å². The summed E-state index contributed by atoms with van der Waals surface area (Å²) in [6, 6.07) is 0. The highest BCUT2D eigenvalue weighted by molar-refractivity contribution is 4.78. The molecule has 1 rings (SSSR count). The van der Waals surface area contributed by atoms with Crippen molar-refractivity contribution in [3.63, 3.8) is 0 Å². The Hall–Kier alpha value is -0.150. The molecule has 0 aromatic carbocycles. The van der Waals surface area contributed by atoms with Crippen molar-refractivity contribution in [2.24, 2.45) is 11.8 Å². The molecular weight excluding hydrogens is 157 g/mol. The summed E-state index contributed by atoms with van der Waals surface area (Å²) >= 11 is 0. The third-order valence-corrected chi connectivity index (χ3v) is 2.73. The van der Waals surface area contributed by atoms with E-state index in [1.54, 1.807) is 0 Å². The van der Waals surface area contributed by atoms with Gasteiger partial charge >= 0.3 is 0 Å². The van der Waals surface area contributed by atoms with E-state index < -0.39 is 0 Å². The molecule has 2 N–H and O–H groups in total. The first-order valence-electron chi connectivity index (χ1n) is 4.76. The van der Waals surface area contributed by atoms with Crippen molar-refractivity contribution in [3.8, 4) is 0 Å². The topological polar surface area (TPSA) is 32.3 Å². The SMILES string of the molecule is OCC1CCCC1CNCCF. The number of nitrogens with one attached hydrogen (secondary N) is 1. The Kier molecular flexibility index (Phi) is 4.54. The van der Waals surface area contributed by atoms with E-state index in [1.165, 1.54) is 12.8 Å². The molecule has 0 radical (unpaired) electrons. The second kappa shape index (κ2) is 5.49. The van der Waals surface area contributed by atoms with E-state index in [4.69, 9.17) is 5.11 Å². The summed E-state index contributed by atoms with van der Waals surface area (Å²) in [6.45, 7) is 1.32. The number of aliphatic hydroxyl groups excluding tert-OH is 1. The van der Waals surface area contributed by atoms with Gasteiger partial charge in [-0.25, -0.2) is 4.39 Å². The Labute approximate surface area is 73.2 Å². The van der Waals surface area contributed by atoms with Crippen molar-refractivity contribution < 1.29 is 9.50 Å². The lowest BCUT2D eigenvalue weighted by atomic mass is 9.97. The highest BCUT2D eigenvalue weighted by Gasteiger charge is 2.25. The highest BCUT2D eigenvalue weighted by atomic mass is 19.1. The minimum atomic E-state index is -0.295. The second-order valence-electron chi connectivity index (χ2n) is 3.53. The van der Waals surface area contributed by atoms with Crippen molar-refractivity contribution in [1.82, 2.24) is 5.32 Å². The van der Waals surface area contributed by atoms with Gasteiger partial charge in [0.15, 0.2) is 0 Å². The number of hydrogen-bond donors (Lipinski definition) is 2. The molecular formula is C9H18FNO. The summed E-state index contributed by atoms with van der Waals surface area (Å²) in [6.07, 6.45) is 3.54. The lowest BCUT2D eigenvalue weighted by molar-refractivity contribution is 0.192. The summed E-state index contributed by atoms with van der Waals surface area (Å²) in [5.74, 6) is 1.03. The van der Waals surface area contributed by atoms with Crippen molar-refractivity contribution in [2.45, 2.75) is 19.3 Å². The normalized spacial score (nSPS) is 29.5. The van der Waals surface area contributed by atoms with E-state index in [1.807, 2.05) is 0 Å². The van der Waals surface area contributed by atoms with Crippen LogP contribution in [0.25, 0.3) is 0 Å². The molecule has 0 aliphatic heterocycles. The van der Waals surface area contributed by atoms with Gasteiger partial charge in [0.05, 0.1) is 0 Å². The molecule has 0 aromatic heterocycles. The number of halogens is 1. The van der Waals surface area contributed by atoms with Crippen LogP contribution in [0, 0.1) is 11.8 Å². The Morgan fingerprint density at radius 2 is 2.08 bits per heavy atom.